The Kier molecular flexibility index (Phi) is 6.01. The Morgan fingerprint density at radius 1 is 1.16 bits per heavy atom. The standard InChI is InChI=1S/C21H14BrN5O3S/c22-16-11-15(27(29)30)10-13(19(16)28)12-23-26-20(24-14-6-2-1-3-7-14)21-25-17-8-4-5-9-18(17)31-21/h1-12,28H,(H,24,26). The molecule has 1 heterocycles. The third-order valence-electron chi connectivity index (χ3n) is 4.16. The van der Waals surface area contributed by atoms with Crippen LogP contribution in [-0.2, 0) is 0 Å². The average Bonchev–Trinajstić information content (AvgIpc) is 3.20. The molecule has 0 atom stereocenters. The number of thiazole rings is 1. The molecule has 0 fully saturated rings. The summed E-state index contributed by atoms with van der Waals surface area (Å²) in [5.41, 5.74) is 4.42. The van der Waals surface area contributed by atoms with E-state index in [1.165, 1.54) is 29.7 Å². The second-order valence-electron chi connectivity index (χ2n) is 6.28. The lowest BCUT2D eigenvalue weighted by molar-refractivity contribution is -0.385. The van der Waals surface area contributed by atoms with Crippen molar-refractivity contribution in [2.45, 2.75) is 0 Å². The number of aromatic nitrogens is 1. The van der Waals surface area contributed by atoms with Gasteiger partial charge in [-0.2, -0.15) is 5.10 Å². The molecule has 0 radical (unpaired) electrons. The number of amidine groups is 1. The Morgan fingerprint density at radius 3 is 2.65 bits per heavy atom. The molecule has 31 heavy (non-hydrogen) atoms. The molecular weight excluding hydrogens is 482 g/mol. The minimum absolute atomic E-state index is 0.155. The summed E-state index contributed by atoms with van der Waals surface area (Å²) < 4.78 is 1.21. The van der Waals surface area contributed by atoms with E-state index in [1.54, 1.807) is 0 Å². The first kappa shape index (κ1) is 20.6. The molecule has 0 saturated heterocycles. The summed E-state index contributed by atoms with van der Waals surface area (Å²) in [6.45, 7) is 0. The maximum Gasteiger partial charge on any atom is 0.271 e. The molecule has 4 rings (SSSR count). The fourth-order valence-electron chi connectivity index (χ4n) is 2.70. The Morgan fingerprint density at radius 2 is 1.90 bits per heavy atom. The molecular formula is C21H14BrN5O3S. The first-order valence-corrected chi connectivity index (χ1v) is 10.6. The number of hydrazone groups is 1. The van der Waals surface area contributed by atoms with E-state index in [0.29, 0.717) is 16.5 Å². The molecule has 0 amide bonds. The van der Waals surface area contributed by atoms with Crippen molar-refractivity contribution in [3.63, 3.8) is 0 Å². The number of benzene rings is 3. The smallest absolute Gasteiger partial charge is 0.271 e. The van der Waals surface area contributed by atoms with Gasteiger partial charge in [-0.25, -0.2) is 9.98 Å². The van der Waals surface area contributed by atoms with Crippen molar-refractivity contribution in [2.24, 2.45) is 10.1 Å². The second-order valence-corrected chi connectivity index (χ2v) is 8.16. The summed E-state index contributed by atoms with van der Waals surface area (Å²) in [7, 11) is 0. The topological polar surface area (TPSA) is 113 Å². The lowest BCUT2D eigenvalue weighted by Crippen LogP contribution is -2.18. The van der Waals surface area contributed by atoms with Gasteiger partial charge < -0.3 is 5.11 Å². The molecule has 154 valence electrons. The van der Waals surface area contributed by atoms with Crippen LogP contribution in [0.15, 0.2) is 81.3 Å². The molecule has 10 heteroatoms. The van der Waals surface area contributed by atoms with Crippen LogP contribution in [0.1, 0.15) is 10.6 Å². The molecule has 0 unspecified atom stereocenters. The number of phenolic OH excluding ortho intramolecular Hbond substituents is 1. The number of fused-ring (bicyclic) bond motifs is 1. The highest BCUT2D eigenvalue weighted by molar-refractivity contribution is 9.10. The van der Waals surface area contributed by atoms with Gasteiger partial charge >= 0.3 is 0 Å². The number of nitrogens with one attached hydrogen (secondary N) is 1. The van der Waals surface area contributed by atoms with Crippen molar-refractivity contribution < 1.29 is 10.0 Å². The molecule has 0 saturated carbocycles. The first-order valence-electron chi connectivity index (χ1n) is 8.97. The molecule has 0 aliphatic heterocycles. The number of aromatic hydroxyl groups is 1. The predicted octanol–water partition coefficient (Wildman–Crippen LogP) is 5.37. The Balaban J connectivity index is 1.69. The van der Waals surface area contributed by atoms with Crippen LogP contribution in [0.2, 0.25) is 0 Å². The molecule has 2 N–H and O–H groups in total. The van der Waals surface area contributed by atoms with Crippen LogP contribution in [0.4, 0.5) is 11.4 Å². The zero-order valence-corrected chi connectivity index (χ0v) is 18.2. The molecule has 0 aliphatic carbocycles. The van der Waals surface area contributed by atoms with Gasteiger partial charge in [-0.1, -0.05) is 30.3 Å². The van der Waals surface area contributed by atoms with Crippen LogP contribution < -0.4 is 5.43 Å². The van der Waals surface area contributed by atoms with Gasteiger partial charge in [0.25, 0.3) is 5.69 Å². The predicted molar refractivity (Wildman–Crippen MR) is 125 cm³/mol. The van der Waals surface area contributed by atoms with Gasteiger partial charge in [0.05, 0.1) is 31.5 Å². The highest BCUT2D eigenvalue weighted by Crippen LogP contribution is 2.31. The van der Waals surface area contributed by atoms with Crippen molar-refractivity contribution in [3.05, 3.63) is 91.9 Å². The van der Waals surface area contributed by atoms with Gasteiger partial charge in [0.2, 0.25) is 0 Å². The number of nitro benzene ring substituents is 1. The monoisotopic (exact) mass is 495 g/mol. The van der Waals surface area contributed by atoms with Crippen molar-refractivity contribution in [2.75, 3.05) is 0 Å². The van der Waals surface area contributed by atoms with E-state index < -0.39 is 4.92 Å². The van der Waals surface area contributed by atoms with Gasteiger partial charge in [0.15, 0.2) is 10.8 Å². The van der Waals surface area contributed by atoms with Crippen LogP contribution in [0, 0.1) is 10.1 Å². The Bertz CT molecular complexity index is 1290. The number of para-hydroxylation sites is 2. The number of rotatable bonds is 5. The zero-order valence-electron chi connectivity index (χ0n) is 15.8. The number of aliphatic imine (C=N–C) groups is 1. The molecule has 0 aliphatic rings. The molecule has 8 nitrogen and oxygen atoms in total. The van der Waals surface area contributed by atoms with Crippen LogP contribution in [0.5, 0.6) is 5.75 Å². The van der Waals surface area contributed by atoms with Gasteiger partial charge in [-0.15, -0.1) is 11.3 Å². The fraction of sp³-hybridized carbons (Fsp3) is 0. The van der Waals surface area contributed by atoms with Crippen molar-refractivity contribution >= 4 is 60.9 Å². The van der Waals surface area contributed by atoms with E-state index in [9.17, 15) is 15.2 Å². The van der Waals surface area contributed by atoms with Gasteiger partial charge in [-0.3, -0.25) is 15.5 Å². The average molecular weight is 496 g/mol. The van der Waals surface area contributed by atoms with Crippen LogP contribution >= 0.6 is 27.3 Å². The molecule has 3 aromatic carbocycles. The summed E-state index contributed by atoms with van der Waals surface area (Å²) in [4.78, 5) is 19.8. The van der Waals surface area contributed by atoms with Crippen molar-refractivity contribution in [1.82, 2.24) is 10.4 Å². The van der Waals surface area contributed by atoms with E-state index in [2.05, 4.69) is 36.4 Å². The molecule has 0 bridgehead atoms. The second kappa shape index (κ2) is 9.02. The third kappa shape index (κ3) is 4.76. The van der Waals surface area contributed by atoms with E-state index in [0.717, 1.165) is 10.2 Å². The Labute approximate surface area is 188 Å². The number of nitrogens with zero attached hydrogens (tertiary/aromatic N) is 4. The minimum Gasteiger partial charge on any atom is -0.506 e. The van der Waals surface area contributed by atoms with Crippen LogP contribution in [-0.4, -0.2) is 27.1 Å². The highest BCUT2D eigenvalue weighted by atomic mass is 79.9. The molecule has 0 spiro atoms. The highest BCUT2D eigenvalue weighted by Gasteiger charge is 2.14. The van der Waals surface area contributed by atoms with Crippen LogP contribution in [0.3, 0.4) is 0 Å². The maximum atomic E-state index is 11.1. The summed E-state index contributed by atoms with van der Waals surface area (Å²) >= 11 is 4.58. The number of nitro groups is 1. The number of hydrogen-bond acceptors (Lipinski definition) is 7. The number of halogens is 1. The Hall–Kier alpha value is -3.63. The normalized spacial score (nSPS) is 11.8. The molecule has 1 aromatic heterocycles. The van der Waals surface area contributed by atoms with Gasteiger partial charge in [-0.05, 0) is 40.2 Å². The van der Waals surface area contributed by atoms with E-state index in [1.807, 2.05) is 54.6 Å². The molecule has 4 aromatic rings. The van der Waals surface area contributed by atoms with Crippen LogP contribution in [0.25, 0.3) is 10.2 Å². The zero-order chi connectivity index (χ0) is 21.8. The van der Waals surface area contributed by atoms with Crippen molar-refractivity contribution in [3.8, 4) is 5.75 Å². The summed E-state index contributed by atoms with van der Waals surface area (Å²) in [6, 6.07) is 19.5. The summed E-state index contributed by atoms with van der Waals surface area (Å²) in [5, 5.41) is 26.1. The van der Waals surface area contributed by atoms with Gasteiger partial charge in [0, 0.05) is 17.7 Å². The first-order chi connectivity index (χ1) is 15.0. The third-order valence-corrected chi connectivity index (χ3v) is 5.80. The van der Waals surface area contributed by atoms with E-state index in [4.69, 9.17) is 0 Å². The number of phenols is 1. The van der Waals surface area contributed by atoms with Gasteiger partial charge in [0.1, 0.15) is 5.75 Å². The fourth-order valence-corrected chi connectivity index (χ4v) is 4.07. The quantitative estimate of drug-likeness (QED) is 0.167. The van der Waals surface area contributed by atoms with E-state index in [-0.39, 0.29) is 21.5 Å². The minimum atomic E-state index is -0.543. The SMILES string of the molecule is O=[N+]([O-])c1cc(Br)c(O)c(C=NNC(=Nc2ccccc2)c2nc3ccccc3s2)c1. The summed E-state index contributed by atoms with van der Waals surface area (Å²) in [5.74, 6) is 0.255. The van der Waals surface area contributed by atoms with E-state index >= 15 is 0 Å². The largest absolute Gasteiger partial charge is 0.506 e. The van der Waals surface area contributed by atoms with Crippen molar-refractivity contribution in [1.29, 1.82) is 0 Å². The number of hydrogen-bond donors (Lipinski definition) is 2. The number of non-ortho nitro benzene ring substituents is 1. The maximum absolute atomic E-state index is 11.1. The summed E-state index contributed by atoms with van der Waals surface area (Å²) in [6.07, 6.45) is 1.29. The lowest BCUT2D eigenvalue weighted by atomic mass is 10.2. The lowest BCUT2D eigenvalue weighted by Gasteiger charge is -2.04.